The molecule has 3 N–H and O–H groups in total. The molecule has 0 saturated heterocycles. The molecule has 1 aromatic heterocycles. The lowest BCUT2D eigenvalue weighted by Crippen LogP contribution is -2.30. The van der Waals surface area contributed by atoms with Crippen molar-refractivity contribution in [2.24, 2.45) is 13.0 Å². The van der Waals surface area contributed by atoms with Gasteiger partial charge < -0.3 is 15.7 Å². The first-order valence-corrected chi connectivity index (χ1v) is 6.65. The van der Waals surface area contributed by atoms with Crippen LogP contribution >= 0.6 is 0 Å². The van der Waals surface area contributed by atoms with Crippen molar-refractivity contribution in [3.63, 3.8) is 0 Å². The van der Waals surface area contributed by atoms with Crippen molar-refractivity contribution in [2.45, 2.75) is 33.1 Å². The van der Waals surface area contributed by atoms with Gasteiger partial charge in [-0.15, -0.1) is 0 Å². The van der Waals surface area contributed by atoms with Gasteiger partial charge in [-0.25, -0.2) is 4.79 Å². The Morgan fingerprint density at radius 2 is 2.15 bits per heavy atom. The highest BCUT2D eigenvalue weighted by Crippen LogP contribution is 2.11. The summed E-state index contributed by atoms with van der Waals surface area (Å²) in [4.78, 5) is 22.1. The van der Waals surface area contributed by atoms with Gasteiger partial charge in [0.1, 0.15) is 0 Å². The van der Waals surface area contributed by atoms with E-state index in [4.69, 9.17) is 5.11 Å². The molecule has 112 valence electrons. The first-order valence-electron chi connectivity index (χ1n) is 6.65. The largest absolute Gasteiger partial charge is 0.481 e. The number of carbonyl (C=O) groups is 2. The summed E-state index contributed by atoms with van der Waals surface area (Å²) in [6, 6.07) is -0.272. The number of urea groups is 1. The van der Waals surface area contributed by atoms with E-state index in [1.165, 1.54) is 0 Å². The van der Waals surface area contributed by atoms with Crippen molar-refractivity contribution in [3.8, 4) is 0 Å². The van der Waals surface area contributed by atoms with Gasteiger partial charge in [-0.1, -0.05) is 6.92 Å². The van der Waals surface area contributed by atoms with E-state index < -0.39 is 5.97 Å². The van der Waals surface area contributed by atoms with E-state index in [0.717, 1.165) is 12.1 Å². The zero-order valence-corrected chi connectivity index (χ0v) is 12.1. The van der Waals surface area contributed by atoms with Gasteiger partial charge in [-0.2, -0.15) is 5.10 Å². The number of hydrogen-bond acceptors (Lipinski definition) is 3. The molecule has 0 fully saturated rings. The summed E-state index contributed by atoms with van der Waals surface area (Å²) in [5, 5.41) is 18.2. The van der Waals surface area contributed by atoms with Crippen LogP contribution in [0.2, 0.25) is 0 Å². The molecule has 20 heavy (non-hydrogen) atoms. The molecule has 1 heterocycles. The third-order valence-corrected chi connectivity index (χ3v) is 3.04. The van der Waals surface area contributed by atoms with E-state index in [1.807, 2.05) is 13.8 Å². The molecular formula is C13H22N4O3. The molecule has 1 atom stereocenters. The number of carboxylic acid groups (broad SMARTS) is 1. The average Bonchev–Trinajstić information content (AvgIpc) is 2.65. The van der Waals surface area contributed by atoms with Crippen LogP contribution in [-0.2, 0) is 11.8 Å². The van der Waals surface area contributed by atoms with Crippen LogP contribution in [0.15, 0.2) is 6.20 Å². The van der Waals surface area contributed by atoms with E-state index in [-0.39, 0.29) is 18.4 Å². The lowest BCUT2D eigenvalue weighted by Gasteiger charge is -2.11. The molecule has 1 aromatic rings. The number of anilines is 1. The Morgan fingerprint density at radius 1 is 1.45 bits per heavy atom. The van der Waals surface area contributed by atoms with E-state index in [1.54, 1.807) is 17.9 Å². The van der Waals surface area contributed by atoms with Gasteiger partial charge in [-0.05, 0) is 25.7 Å². The molecular weight excluding hydrogens is 260 g/mol. The quantitative estimate of drug-likeness (QED) is 0.709. The minimum atomic E-state index is -0.783. The monoisotopic (exact) mass is 282 g/mol. The van der Waals surface area contributed by atoms with Gasteiger partial charge in [0.25, 0.3) is 0 Å². The Kier molecular flexibility index (Phi) is 6.02. The van der Waals surface area contributed by atoms with Crippen molar-refractivity contribution < 1.29 is 14.7 Å². The van der Waals surface area contributed by atoms with Gasteiger partial charge in [0.2, 0.25) is 0 Å². The highest BCUT2D eigenvalue weighted by atomic mass is 16.4. The number of aromatic nitrogens is 2. The predicted octanol–water partition coefficient (Wildman–Crippen LogP) is 1.74. The van der Waals surface area contributed by atoms with Crippen LogP contribution in [0.4, 0.5) is 10.5 Å². The fourth-order valence-electron chi connectivity index (χ4n) is 1.84. The van der Waals surface area contributed by atoms with Gasteiger partial charge in [0.05, 0.1) is 11.4 Å². The molecule has 0 aliphatic rings. The van der Waals surface area contributed by atoms with Crippen molar-refractivity contribution in [3.05, 3.63) is 11.9 Å². The molecule has 0 saturated carbocycles. The van der Waals surface area contributed by atoms with Crippen molar-refractivity contribution in [2.75, 3.05) is 11.9 Å². The Morgan fingerprint density at radius 3 is 2.70 bits per heavy atom. The predicted molar refractivity (Wildman–Crippen MR) is 75.6 cm³/mol. The van der Waals surface area contributed by atoms with Crippen molar-refractivity contribution in [1.29, 1.82) is 0 Å². The number of carbonyl (C=O) groups excluding carboxylic acids is 1. The lowest BCUT2D eigenvalue weighted by molar-refractivity contribution is -0.137. The number of hydrogen-bond donors (Lipinski definition) is 3. The Bertz CT molecular complexity index is 470. The average molecular weight is 282 g/mol. The summed E-state index contributed by atoms with van der Waals surface area (Å²) in [6.07, 6.45) is 3.29. The second-order valence-electron chi connectivity index (χ2n) is 5.01. The zero-order valence-electron chi connectivity index (χ0n) is 12.1. The SMILES string of the molecule is Cc1nn(C)cc1NC(=O)NCCC(C)CCC(=O)O. The minimum absolute atomic E-state index is 0.169. The van der Waals surface area contributed by atoms with Gasteiger partial charge in [0.15, 0.2) is 0 Å². The van der Waals surface area contributed by atoms with Gasteiger partial charge in [0, 0.05) is 26.2 Å². The first-order chi connectivity index (χ1) is 9.38. The zero-order chi connectivity index (χ0) is 15.1. The maximum absolute atomic E-state index is 11.7. The number of carboxylic acids is 1. The summed E-state index contributed by atoms with van der Waals surface area (Å²) in [7, 11) is 1.79. The summed E-state index contributed by atoms with van der Waals surface area (Å²) < 4.78 is 1.64. The van der Waals surface area contributed by atoms with Crippen LogP contribution in [0.3, 0.4) is 0 Å². The summed E-state index contributed by atoms with van der Waals surface area (Å²) in [5.74, 6) is -0.513. The molecule has 0 bridgehead atoms. The van der Waals surface area contributed by atoms with Gasteiger partial charge in [-0.3, -0.25) is 9.48 Å². The number of nitrogens with one attached hydrogen (secondary N) is 2. The molecule has 0 aliphatic carbocycles. The normalized spacial score (nSPS) is 11.9. The van der Waals surface area contributed by atoms with Crippen LogP contribution in [0, 0.1) is 12.8 Å². The number of rotatable bonds is 7. The fourth-order valence-corrected chi connectivity index (χ4v) is 1.84. The Hall–Kier alpha value is -2.05. The molecule has 7 nitrogen and oxygen atoms in total. The van der Waals surface area contributed by atoms with Gasteiger partial charge >= 0.3 is 12.0 Å². The Balaban J connectivity index is 2.23. The highest BCUT2D eigenvalue weighted by Gasteiger charge is 2.09. The number of nitrogens with zero attached hydrogens (tertiary/aromatic N) is 2. The van der Waals surface area contributed by atoms with Crippen molar-refractivity contribution >= 4 is 17.7 Å². The minimum Gasteiger partial charge on any atom is -0.481 e. The Labute approximate surface area is 118 Å². The highest BCUT2D eigenvalue weighted by molar-refractivity contribution is 5.89. The van der Waals surface area contributed by atoms with Crippen LogP contribution in [-0.4, -0.2) is 33.4 Å². The van der Waals surface area contributed by atoms with Crippen LogP contribution in [0.25, 0.3) is 0 Å². The maximum atomic E-state index is 11.7. The summed E-state index contributed by atoms with van der Waals surface area (Å²) >= 11 is 0. The third-order valence-electron chi connectivity index (χ3n) is 3.04. The van der Waals surface area contributed by atoms with E-state index in [2.05, 4.69) is 15.7 Å². The van der Waals surface area contributed by atoms with Crippen LogP contribution in [0.1, 0.15) is 31.9 Å². The maximum Gasteiger partial charge on any atom is 0.319 e. The number of amides is 2. The summed E-state index contributed by atoms with van der Waals surface area (Å²) in [5.41, 5.74) is 1.45. The van der Waals surface area contributed by atoms with E-state index >= 15 is 0 Å². The number of aliphatic carboxylic acids is 1. The van der Waals surface area contributed by atoms with E-state index in [9.17, 15) is 9.59 Å². The van der Waals surface area contributed by atoms with Crippen LogP contribution in [0.5, 0.6) is 0 Å². The molecule has 0 aromatic carbocycles. The van der Waals surface area contributed by atoms with E-state index in [0.29, 0.717) is 18.7 Å². The third kappa shape index (κ3) is 5.73. The topological polar surface area (TPSA) is 96.3 Å². The molecule has 0 radical (unpaired) electrons. The molecule has 2 amide bonds. The molecule has 1 rings (SSSR count). The second kappa shape index (κ2) is 7.52. The van der Waals surface area contributed by atoms with Crippen LogP contribution < -0.4 is 10.6 Å². The standard InChI is InChI=1S/C13H22N4O3/c1-9(4-5-12(18)19)6-7-14-13(20)15-11-8-17(3)16-10(11)2/h8-9H,4-7H2,1-3H3,(H,18,19)(H2,14,15,20). The molecule has 0 spiro atoms. The lowest BCUT2D eigenvalue weighted by atomic mass is 10.0. The fraction of sp³-hybridized carbons (Fsp3) is 0.615. The first kappa shape index (κ1) is 16.0. The smallest absolute Gasteiger partial charge is 0.319 e. The number of aryl methyl sites for hydroxylation is 2. The molecule has 7 heteroatoms. The molecule has 1 unspecified atom stereocenters. The summed E-state index contributed by atoms with van der Waals surface area (Å²) in [6.45, 7) is 4.32. The molecule has 0 aliphatic heterocycles. The van der Waals surface area contributed by atoms with Crippen molar-refractivity contribution in [1.82, 2.24) is 15.1 Å². The second-order valence-corrected chi connectivity index (χ2v) is 5.01.